The van der Waals surface area contributed by atoms with Crippen molar-refractivity contribution in [1.82, 2.24) is 0 Å². The third kappa shape index (κ3) is 3.73. The second-order valence-corrected chi connectivity index (χ2v) is 4.79. The summed E-state index contributed by atoms with van der Waals surface area (Å²) in [6.45, 7) is 4.11. The monoisotopic (exact) mass is 210 g/mol. The van der Waals surface area contributed by atoms with Gasteiger partial charge in [0.15, 0.2) is 5.60 Å². The number of rotatable bonds is 4. The van der Waals surface area contributed by atoms with Gasteiger partial charge in [-0.3, -0.25) is 4.18 Å². The second-order valence-electron chi connectivity index (χ2n) is 2.93. The van der Waals surface area contributed by atoms with Crippen molar-refractivity contribution in [2.75, 3.05) is 12.9 Å². The van der Waals surface area contributed by atoms with Gasteiger partial charge in [-0.2, -0.15) is 8.42 Å². The standard InChI is InChI=1S/C7H14O5S/c1-5-13(9,10)12-7(2,3)6(8)11-4/h5H2,1-4H3. The molecule has 0 amide bonds. The molecule has 0 aromatic carbocycles. The van der Waals surface area contributed by atoms with Gasteiger partial charge in [-0.05, 0) is 20.8 Å². The van der Waals surface area contributed by atoms with Crippen molar-refractivity contribution in [3.8, 4) is 0 Å². The third-order valence-electron chi connectivity index (χ3n) is 1.37. The van der Waals surface area contributed by atoms with Gasteiger partial charge in [-0.1, -0.05) is 0 Å². The molecule has 13 heavy (non-hydrogen) atoms. The van der Waals surface area contributed by atoms with E-state index in [1.165, 1.54) is 27.9 Å². The molecule has 0 aromatic rings. The van der Waals surface area contributed by atoms with Crippen LogP contribution in [0, 0.1) is 0 Å². The Morgan fingerprint density at radius 1 is 1.38 bits per heavy atom. The number of esters is 1. The first-order valence-electron chi connectivity index (χ1n) is 3.77. The molecule has 0 saturated carbocycles. The van der Waals surface area contributed by atoms with Gasteiger partial charge in [0, 0.05) is 0 Å². The van der Waals surface area contributed by atoms with Crippen LogP contribution >= 0.6 is 0 Å². The Balaban J connectivity index is 4.61. The molecule has 78 valence electrons. The summed E-state index contributed by atoms with van der Waals surface area (Å²) in [7, 11) is -2.46. The smallest absolute Gasteiger partial charge is 0.339 e. The molecule has 0 atom stereocenters. The van der Waals surface area contributed by atoms with Crippen LogP contribution in [0.1, 0.15) is 20.8 Å². The zero-order valence-corrected chi connectivity index (χ0v) is 8.97. The normalized spacial score (nSPS) is 12.6. The van der Waals surface area contributed by atoms with Gasteiger partial charge in [0.25, 0.3) is 10.1 Å². The molecule has 0 N–H and O–H groups in total. The molecule has 0 saturated heterocycles. The largest absolute Gasteiger partial charge is 0.467 e. The maximum Gasteiger partial charge on any atom is 0.339 e. The van der Waals surface area contributed by atoms with Crippen LogP contribution in [0.4, 0.5) is 0 Å². The first-order chi connectivity index (χ1) is 5.75. The van der Waals surface area contributed by atoms with Crippen LogP contribution in [0.3, 0.4) is 0 Å². The Morgan fingerprint density at radius 3 is 2.15 bits per heavy atom. The molecular formula is C7H14O5S. The van der Waals surface area contributed by atoms with E-state index >= 15 is 0 Å². The lowest BCUT2D eigenvalue weighted by atomic mass is 10.1. The molecule has 6 heteroatoms. The molecule has 0 radical (unpaired) electrons. The van der Waals surface area contributed by atoms with Gasteiger partial charge >= 0.3 is 5.97 Å². The fourth-order valence-corrected chi connectivity index (χ4v) is 1.48. The quantitative estimate of drug-likeness (QED) is 0.493. The van der Waals surface area contributed by atoms with E-state index in [1.807, 2.05) is 0 Å². The van der Waals surface area contributed by atoms with Gasteiger partial charge in [-0.25, -0.2) is 4.79 Å². The van der Waals surface area contributed by atoms with Crippen molar-refractivity contribution in [2.24, 2.45) is 0 Å². The Hall–Kier alpha value is -0.620. The highest BCUT2D eigenvalue weighted by atomic mass is 32.2. The molecule has 0 rings (SSSR count). The summed E-state index contributed by atoms with van der Waals surface area (Å²) >= 11 is 0. The number of hydrogen-bond donors (Lipinski definition) is 0. The number of carbonyl (C=O) groups excluding carboxylic acids is 1. The molecule has 0 spiro atoms. The minimum absolute atomic E-state index is 0.173. The topological polar surface area (TPSA) is 69.7 Å². The van der Waals surface area contributed by atoms with E-state index in [0.29, 0.717) is 0 Å². The Labute approximate surface area is 78.2 Å². The highest BCUT2D eigenvalue weighted by molar-refractivity contribution is 7.86. The van der Waals surface area contributed by atoms with Crippen molar-refractivity contribution in [3.63, 3.8) is 0 Å². The molecule has 0 heterocycles. The van der Waals surface area contributed by atoms with E-state index in [9.17, 15) is 13.2 Å². The molecule has 0 fully saturated rings. The maximum atomic E-state index is 11.0. The number of carbonyl (C=O) groups is 1. The SMILES string of the molecule is CCS(=O)(=O)OC(C)(C)C(=O)OC. The summed E-state index contributed by atoms with van der Waals surface area (Å²) in [5, 5.41) is 0. The second kappa shape index (κ2) is 4.06. The lowest BCUT2D eigenvalue weighted by molar-refractivity contribution is -0.155. The van der Waals surface area contributed by atoms with Crippen molar-refractivity contribution in [3.05, 3.63) is 0 Å². The average molecular weight is 210 g/mol. The highest BCUT2D eigenvalue weighted by Crippen LogP contribution is 2.14. The van der Waals surface area contributed by atoms with Gasteiger partial charge in [0.1, 0.15) is 0 Å². The summed E-state index contributed by atoms with van der Waals surface area (Å²) in [6.07, 6.45) is 0. The Bertz CT molecular complexity index is 277. The van der Waals surface area contributed by atoms with Crippen LogP contribution in [0.15, 0.2) is 0 Å². The van der Waals surface area contributed by atoms with Gasteiger partial charge in [0.2, 0.25) is 0 Å². The average Bonchev–Trinajstić information content (AvgIpc) is 2.01. The fraction of sp³-hybridized carbons (Fsp3) is 0.857. The first kappa shape index (κ1) is 12.4. The van der Waals surface area contributed by atoms with E-state index < -0.39 is 21.7 Å². The van der Waals surface area contributed by atoms with E-state index in [1.54, 1.807) is 0 Å². The van der Waals surface area contributed by atoms with Crippen LogP contribution in [0.2, 0.25) is 0 Å². The molecule has 0 unspecified atom stereocenters. The summed E-state index contributed by atoms with van der Waals surface area (Å²) in [4.78, 5) is 11.0. The summed E-state index contributed by atoms with van der Waals surface area (Å²) in [6, 6.07) is 0. The first-order valence-corrected chi connectivity index (χ1v) is 5.34. The summed E-state index contributed by atoms with van der Waals surface area (Å²) in [5.41, 5.74) is -1.45. The van der Waals surface area contributed by atoms with Crippen LogP contribution in [0.25, 0.3) is 0 Å². The van der Waals surface area contributed by atoms with Gasteiger partial charge < -0.3 is 4.74 Å². The summed E-state index contributed by atoms with van der Waals surface area (Å²) in [5.74, 6) is -0.891. The van der Waals surface area contributed by atoms with Crippen molar-refractivity contribution in [2.45, 2.75) is 26.4 Å². The van der Waals surface area contributed by atoms with E-state index in [4.69, 9.17) is 0 Å². The van der Waals surface area contributed by atoms with Crippen molar-refractivity contribution >= 4 is 16.1 Å². The van der Waals surface area contributed by atoms with E-state index in [-0.39, 0.29) is 5.75 Å². The predicted molar refractivity (Wildman–Crippen MR) is 46.6 cm³/mol. The van der Waals surface area contributed by atoms with Crippen molar-refractivity contribution in [1.29, 1.82) is 0 Å². The lowest BCUT2D eigenvalue weighted by Gasteiger charge is -2.20. The lowest BCUT2D eigenvalue weighted by Crippen LogP contribution is -2.38. The third-order valence-corrected chi connectivity index (χ3v) is 2.74. The van der Waals surface area contributed by atoms with Gasteiger partial charge in [0.05, 0.1) is 12.9 Å². The predicted octanol–water partition coefficient (Wildman–Crippen LogP) is 0.304. The maximum absolute atomic E-state index is 11.0. The fourth-order valence-electron chi connectivity index (χ4n) is 0.656. The molecule has 0 aliphatic heterocycles. The van der Waals surface area contributed by atoms with Crippen LogP contribution in [-0.4, -0.2) is 32.9 Å². The van der Waals surface area contributed by atoms with E-state index in [2.05, 4.69) is 8.92 Å². The van der Waals surface area contributed by atoms with Crippen molar-refractivity contribution < 1.29 is 22.1 Å². The zero-order valence-electron chi connectivity index (χ0n) is 8.16. The van der Waals surface area contributed by atoms with Crippen LogP contribution in [0.5, 0.6) is 0 Å². The Kier molecular flexibility index (Phi) is 3.87. The molecular weight excluding hydrogens is 196 g/mol. The number of methoxy groups -OCH3 is 1. The summed E-state index contributed by atoms with van der Waals surface area (Å²) < 4.78 is 31.0. The molecule has 0 aromatic heterocycles. The minimum Gasteiger partial charge on any atom is -0.467 e. The zero-order chi connectivity index (χ0) is 10.7. The molecule has 5 nitrogen and oxygen atoms in total. The number of ether oxygens (including phenoxy) is 1. The van der Waals surface area contributed by atoms with Gasteiger partial charge in [-0.15, -0.1) is 0 Å². The minimum atomic E-state index is -3.63. The van der Waals surface area contributed by atoms with Crippen LogP contribution < -0.4 is 0 Å². The van der Waals surface area contributed by atoms with E-state index in [0.717, 1.165) is 0 Å². The van der Waals surface area contributed by atoms with Crippen LogP contribution in [-0.2, 0) is 23.8 Å². The Morgan fingerprint density at radius 2 is 1.85 bits per heavy atom. The molecule has 0 aliphatic rings. The highest BCUT2D eigenvalue weighted by Gasteiger charge is 2.34. The molecule has 0 bridgehead atoms. The number of hydrogen-bond acceptors (Lipinski definition) is 5. The molecule has 0 aliphatic carbocycles.